The fraction of sp³-hybridized carbons (Fsp3) is 0.571. The third-order valence-corrected chi connectivity index (χ3v) is 13.4. The van der Waals surface area contributed by atoms with Crippen LogP contribution >= 0.6 is 0 Å². The number of hydrogen-bond donors (Lipinski definition) is 0. The highest BCUT2D eigenvalue weighted by Crippen LogP contribution is 2.14. The number of hydrogen-bond acceptors (Lipinski definition) is 6. The zero-order chi connectivity index (χ0) is 59.9. The van der Waals surface area contributed by atoms with E-state index < -0.39 is 6.10 Å². The Morgan fingerprint density at radius 2 is 0.434 bits per heavy atom. The molecule has 0 aromatic carbocycles. The molecule has 0 N–H and O–H groups in total. The van der Waals surface area contributed by atoms with E-state index in [1.165, 1.54) is 38.5 Å². The molecule has 464 valence electrons. The van der Waals surface area contributed by atoms with Gasteiger partial charge in [-0.15, -0.1) is 0 Å². The van der Waals surface area contributed by atoms with Crippen LogP contribution in [-0.4, -0.2) is 37.2 Å². The maximum atomic E-state index is 12.9. The highest BCUT2D eigenvalue weighted by atomic mass is 16.6. The lowest BCUT2D eigenvalue weighted by Gasteiger charge is -2.18. The average Bonchev–Trinajstić information content (AvgIpc) is 3.49. The van der Waals surface area contributed by atoms with E-state index in [1.807, 2.05) is 0 Å². The smallest absolute Gasteiger partial charge is 0.306 e. The van der Waals surface area contributed by atoms with E-state index in [1.54, 1.807) is 0 Å². The molecule has 83 heavy (non-hydrogen) atoms. The van der Waals surface area contributed by atoms with Crippen molar-refractivity contribution >= 4 is 17.9 Å². The number of esters is 3. The van der Waals surface area contributed by atoms with E-state index in [2.05, 4.69) is 203 Å². The van der Waals surface area contributed by atoms with Crippen molar-refractivity contribution in [3.05, 3.63) is 182 Å². The molecular formula is C77H120O6. The first-order chi connectivity index (χ1) is 41.0. The molecule has 1 atom stereocenters. The maximum Gasteiger partial charge on any atom is 0.306 e. The van der Waals surface area contributed by atoms with Crippen molar-refractivity contribution in [2.45, 2.75) is 271 Å². The van der Waals surface area contributed by atoms with E-state index in [0.29, 0.717) is 19.3 Å². The number of ether oxygens (including phenoxy) is 3. The van der Waals surface area contributed by atoms with Crippen molar-refractivity contribution in [3.8, 4) is 0 Å². The molecule has 0 rings (SSSR count). The molecule has 0 aliphatic rings. The molecule has 0 amide bonds. The van der Waals surface area contributed by atoms with Gasteiger partial charge < -0.3 is 14.2 Å². The van der Waals surface area contributed by atoms with Gasteiger partial charge in [-0.25, -0.2) is 0 Å². The SMILES string of the molecule is CC/C=C\C/C=C\C/C=C\C/C=C\C/C=C\C/C=C\C/C=C\CCCCCCCC(=O)OCC(COC(=O)CCCCC/C=C\C/C=C\C/C=C\CC)OC(=O)CCCCCCCCCCC/C=C\C/C=C\C/C=C\C/C=C\C/C=C\CC. The molecular weight excluding hydrogens is 1020 g/mol. The molecule has 0 saturated carbocycles. The minimum absolute atomic E-state index is 0.109. The summed E-state index contributed by atoms with van der Waals surface area (Å²) in [4.78, 5) is 38.4. The molecule has 0 bridgehead atoms. The molecule has 0 aliphatic carbocycles. The Labute approximate surface area is 510 Å². The summed E-state index contributed by atoms with van der Waals surface area (Å²) in [5.74, 6) is -0.967. The molecule has 0 spiro atoms. The van der Waals surface area contributed by atoms with Crippen LogP contribution in [0.3, 0.4) is 0 Å². The summed E-state index contributed by atoms with van der Waals surface area (Å²) in [5.41, 5.74) is 0. The summed E-state index contributed by atoms with van der Waals surface area (Å²) in [5, 5.41) is 0. The van der Waals surface area contributed by atoms with Crippen molar-refractivity contribution in [2.24, 2.45) is 0 Å². The molecule has 0 aliphatic heterocycles. The van der Waals surface area contributed by atoms with Gasteiger partial charge in [0.25, 0.3) is 0 Å². The third kappa shape index (κ3) is 67.2. The van der Waals surface area contributed by atoms with Gasteiger partial charge in [0, 0.05) is 19.3 Å². The molecule has 6 heteroatoms. The lowest BCUT2D eigenvalue weighted by molar-refractivity contribution is -0.167. The molecule has 0 radical (unpaired) electrons. The van der Waals surface area contributed by atoms with Crippen molar-refractivity contribution < 1.29 is 28.6 Å². The topological polar surface area (TPSA) is 78.9 Å². The number of carbonyl (C=O) groups excluding carboxylic acids is 3. The van der Waals surface area contributed by atoms with Gasteiger partial charge >= 0.3 is 17.9 Å². The summed E-state index contributed by atoms with van der Waals surface area (Å²) in [6.07, 6.45) is 103. The van der Waals surface area contributed by atoms with Crippen LogP contribution in [0.15, 0.2) is 182 Å². The predicted molar refractivity (Wildman–Crippen MR) is 361 cm³/mol. The normalized spacial score (nSPS) is 13.3. The first kappa shape index (κ1) is 77.5. The fourth-order valence-corrected chi connectivity index (χ4v) is 8.52. The van der Waals surface area contributed by atoms with Crippen molar-refractivity contribution in [1.29, 1.82) is 0 Å². The molecule has 6 nitrogen and oxygen atoms in total. The molecule has 0 aromatic rings. The van der Waals surface area contributed by atoms with E-state index >= 15 is 0 Å². The van der Waals surface area contributed by atoms with Gasteiger partial charge in [0.2, 0.25) is 0 Å². The summed E-state index contributed by atoms with van der Waals surface area (Å²) in [6.45, 7) is 6.24. The summed E-state index contributed by atoms with van der Waals surface area (Å²) < 4.78 is 16.9. The first-order valence-electron chi connectivity index (χ1n) is 33.3. The summed E-state index contributed by atoms with van der Waals surface area (Å²) in [6, 6.07) is 0. The van der Waals surface area contributed by atoms with Crippen molar-refractivity contribution in [3.63, 3.8) is 0 Å². The van der Waals surface area contributed by atoms with Gasteiger partial charge in [0.1, 0.15) is 13.2 Å². The number of carbonyl (C=O) groups is 3. The van der Waals surface area contributed by atoms with E-state index in [4.69, 9.17) is 14.2 Å². The van der Waals surface area contributed by atoms with Gasteiger partial charge in [0.15, 0.2) is 6.10 Å². The van der Waals surface area contributed by atoms with E-state index in [-0.39, 0.29) is 31.1 Å². The Morgan fingerprint density at radius 3 is 0.687 bits per heavy atom. The second kappa shape index (κ2) is 69.0. The van der Waals surface area contributed by atoms with Crippen molar-refractivity contribution in [1.82, 2.24) is 0 Å². The van der Waals surface area contributed by atoms with E-state index in [9.17, 15) is 14.4 Å². The van der Waals surface area contributed by atoms with E-state index in [0.717, 1.165) is 186 Å². The number of allylic oxidation sites excluding steroid dienone is 30. The van der Waals surface area contributed by atoms with Crippen LogP contribution in [0.5, 0.6) is 0 Å². The number of unbranched alkanes of at least 4 members (excludes halogenated alkanes) is 17. The Morgan fingerprint density at radius 1 is 0.241 bits per heavy atom. The minimum Gasteiger partial charge on any atom is -0.462 e. The second-order valence-electron chi connectivity index (χ2n) is 21.2. The lowest BCUT2D eigenvalue weighted by atomic mass is 10.1. The minimum atomic E-state index is -0.814. The van der Waals surface area contributed by atoms with Gasteiger partial charge in [-0.05, 0) is 154 Å². The number of rotatable bonds is 58. The molecule has 0 fully saturated rings. The Kier molecular flexibility index (Phi) is 64.4. The highest BCUT2D eigenvalue weighted by Gasteiger charge is 2.19. The van der Waals surface area contributed by atoms with Gasteiger partial charge in [-0.3, -0.25) is 14.4 Å². The van der Waals surface area contributed by atoms with Gasteiger partial charge in [-0.1, -0.05) is 274 Å². The molecule has 0 heterocycles. The lowest BCUT2D eigenvalue weighted by Crippen LogP contribution is -2.30. The van der Waals surface area contributed by atoms with Crippen LogP contribution in [0.4, 0.5) is 0 Å². The highest BCUT2D eigenvalue weighted by molar-refractivity contribution is 5.71. The van der Waals surface area contributed by atoms with Crippen LogP contribution in [-0.2, 0) is 28.6 Å². The quantitative estimate of drug-likeness (QED) is 0.0261. The largest absolute Gasteiger partial charge is 0.462 e. The third-order valence-electron chi connectivity index (χ3n) is 13.4. The van der Waals surface area contributed by atoms with Crippen molar-refractivity contribution in [2.75, 3.05) is 13.2 Å². The standard InChI is InChI=1S/C77H120O6/c1-4-7-10-13-16-19-22-25-27-29-31-33-35-37-38-40-41-43-45-47-49-52-55-58-61-64-67-70-76(79)82-73-74(72-81-75(78)69-66-63-60-57-54-51-24-21-18-15-12-9-6-3)83-77(80)71-68-65-62-59-56-53-50-48-46-44-42-39-36-34-32-30-28-26-23-20-17-14-11-8-5-2/h7-12,16-21,25-28,31-34,37-39,41-43,47,49,51,54,74H,4-6,13-15,22-24,29-30,35-36,40,44-46,48,50,52-53,55-73H2,1-3H3/b10-7-,11-8-,12-9-,19-16-,20-17-,21-18-,27-25-,28-26-,33-31-,34-32-,38-37-,42-39-,43-41-,49-47-,54-51-. The second-order valence-corrected chi connectivity index (χ2v) is 21.2. The van der Waals surface area contributed by atoms with Gasteiger partial charge in [-0.2, -0.15) is 0 Å². The van der Waals surface area contributed by atoms with Crippen LogP contribution in [0.1, 0.15) is 265 Å². The summed E-state index contributed by atoms with van der Waals surface area (Å²) >= 11 is 0. The Hall–Kier alpha value is -5.49. The van der Waals surface area contributed by atoms with Crippen LogP contribution in [0.2, 0.25) is 0 Å². The van der Waals surface area contributed by atoms with Gasteiger partial charge in [0.05, 0.1) is 0 Å². The molecule has 0 aromatic heterocycles. The summed E-state index contributed by atoms with van der Waals surface area (Å²) in [7, 11) is 0. The first-order valence-corrected chi connectivity index (χ1v) is 33.3. The van der Waals surface area contributed by atoms with Crippen LogP contribution in [0, 0.1) is 0 Å². The zero-order valence-electron chi connectivity index (χ0n) is 53.1. The van der Waals surface area contributed by atoms with Crippen LogP contribution in [0.25, 0.3) is 0 Å². The molecule has 0 saturated heterocycles. The average molecular weight is 1140 g/mol. The van der Waals surface area contributed by atoms with Crippen LogP contribution < -0.4 is 0 Å². The Bertz CT molecular complexity index is 1940. The molecule has 1 unspecified atom stereocenters. The fourth-order valence-electron chi connectivity index (χ4n) is 8.52. The maximum absolute atomic E-state index is 12.9. The zero-order valence-corrected chi connectivity index (χ0v) is 53.1. The monoisotopic (exact) mass is 1140 g/mol. The Balaban J connectivity index is 4.43. The predicted octanol–water partition coefficient (Wildman–Crippen LogP) is 23.2.